The number of nitrogens with two attached hydrogens (primary N) is 1. The number of nitrogens with one attached hydrogen (secondary N) is 1. The van der Waals surface area contributed by atoms with E-state index in [4.69, 9.17) is 22.1 Å². The number of methoxy groups -OCH3 is 1. The van der Waals surface area contributed by atoms with E-state index in [1.165, 1.54) is 12.4 Å². The number of ether oxygens (including phenoxy) is 1. The Labute approximate surface area is 238 Å². The number of halogens is 2. The summed E-state index contributed by atoms with van der Waals surface area (Å²) < 4.78 is 20.3. The molecule has 1 aromatic heterocycles. The normalized spacial score (nSPS) is 15.5. The van der Waals surface area contributed by atoms with Crippen molar-refractivity contribution in [2.75, 3.05) is 46.2 Å². The van der Waals surface area contributed by atoms with Crippen LogP contribution in [0.15, 0.2) is 36.7 Å². The summed E-state index contributed by atoms with van der Waals surface area (Å²) >= 11 is 5.96. The van der Waals surface area contributed by atoms with Gasteiger partial charge in [-0.25, -0.2) is 14.4 Å². The quantitative estimate of drug-likeness (QED) is 0.360. The summed E-state index contributed by atoms with van der Waals surface area (Å²) in [6.45, 7) is 5.68. The first kappa shape index (κ1) is 29.4. The lowest BCUT2D eigenvalue weighted by Crippen LogP contribution is -2.76. The summed E-state index contributed by atoms with van der Waals surface area (Å²) in [5, 5.41) is 3.67. The van der Waals surface area contributed by atoms with Crippen LogP contribution >= 0.6 is 11.6 Å². The molecule has 3 aromatic rings. The molecule has 2 amide bonds. The Morgan fingerprint density at radius 1 is 1.27 bits per heavy atom. The number of rotatable bonds is 11. The highest BCUT2D eigenvalue weighted by Gasteiger charge is 2.53. The summed E-state index contributed by atoms with van der Waals surface area (Å²) in [5.41, 5.74) is 6.65. The highest BCUT2D eigenvalue weighted by molar-refractivity contribution is 6.31. The summed E-state index contributed by atoms with van der Waals surface area (Å²) in [5.74, 6) is 0.0173. The predicted octanol–water partition coefficient (Wildman–Crippen LogP) is 3.40. The van der Waals surface area contributed by atoms with E-state index in [1.807, 2.05) is 24.8 Å². The smallest absolute Gasteiger partial charge is 0.240 e. The van der Waals surface area contributed by atoms with Gasteiger partial charge in [0.05, 0.1) is 23.3 Å². The van der Waals surface area contributed by atoms with Gasteiger partial charge in [-0.15, -0.1) is 0 Å². The lowest BCUT2D eigenvalue weighted by atomic mass is 9.84. The number of hydrogen-bond acceptors (Lipinski definition) is 8. The number of primary amides is 1. The van der Waals surface area contributed by atoms with Gasteiger partial charge in [0.1, 0.15) is 23.4 Å². The zero-order valence-corrected chi connectivity index (χ0v) is 24.1. The number of carbonyl (C=O) groups excluding carboxylic acids is 2. The molecule has 0 saturated carbocycles. The lowest BCUT2D eigenvalue weighted by molar-refractivity contribution is -0.148. The average Bonchev–Trinajstić information content (AvgIpc) is 2.89. The molecule has 2 heterocycles. The second-order valence-electron chi connectivity index (χ2n) is 10.3. The Kier molecular flexibility index (Phi) is 8.77. The summed E-state index contributed by atoms with van der Waals surface area (Å²) in [7, 11) is 5.03. The molecule has 1 unspecified atom stereocenters. The van der Waals surface area contributed by atoms with Crippen molar-refractivity contribution in [2.24, 2.45) is 5.73 Å². The van der Waals surface area contributed by atoms with Crippen molar-refractivity contribution in [3.8, 4) is 5.75 Å². The first-order chi connectivity index (χ1) is 19.0. The molecular weight excluding hydrogens is 537 g/mol. The number of anilines is 2. The van der Waals surface area contributed by atoms with Gasteiger partial charge in [-0.3, -0.25) is 19.4 Å². The van der Waals surface area contributed by atoms with Crippen LogP contribution in [-0.4, -0.2) is 88.9 Å². The molecular formula is C28H35ClFN7O3. The molecule has 0 bridgehead atoms. The average molecular weight is 572 g/mol. The number of fused-ring (bicyclic) bond motifs is 1. The van der Waals surface area contributed by atoms with Gasteiger partial charge in [0, 0.05) is 63.2 Å². The maximum Gasteiger partial charge on any atom is 0.240 e. The Balaban J connectivity index is 1.64. The number of amides is 2. The Morgan fingerprint density at radius 2 is 2.00 bits per heavy atom. The summed E-state index contributed by atoms with van der Waals surface area (Å²) in [6.07, 6.45) is 1.74. The molecule has 1 aliphatic heterocycles. The maximum atomic E-state index is 14.6. The van der Waals surface area contributed by atoms with E-state index in [0.717, 1.165) is 5.56 Å². The molecule has 10 nitrogen and oxygen atoms in total. The van der Waals surface area contributed by atoms with Gasteiger partial charge in [0.2, 0.25) is 11.8 Å². The molecule has 1 fully saturated rings. The Morgan fingerprint density at radius 3 is 2.62 bits per heavy atom. The number of carbonyl (C=O) groups is 2. The highest BCUT2D eigenvalue weighted by Crippen LogP contribution is 2.36. The molecule has 1 atom stereocenters. The highest BCUT2D eigenvalue weighted by atomic mass is 35.5. The SMILES string of the molecule is CCN(Cc1cc2c(Nc3cccc(Cl)c3F)ncnc2cc1OC)C1(C(N)=O)CN(C(C)CC(=O)N(C)C)C1. The number of benzene rings is 2. The second-order valence-corrected chi connectivity index (χ2v) is 10.7. The third kappa shape index (κ3) is 5.67. The van der Waals surface area contributed by atoms with Crippen molar-refractivity contribution < 1.29 is 18.7 Å². The van der Waals surface area contributed by atoms with E-state index in [0.29, 0.717) is 55.1 Å². The largest absolute Gasteiger partial charge is 0.496 e. The summed E-state index contributed by atoms with van der Waals surface area (Å²) in [6, 6.07) is 8.33. The van der Waals surface area contributed by atoms with E-state index in [-0.39, 0.29) is 22.7 Å². The van der Waals surface area contributed by atoms with Crippen LogP contribution in [-0.2, 0) is 16.1 Å². The Bertz CT molecular complexity index is 1410. The van der Waals surface area contributed by atoms with E-state index >= 15 is 0 Å². The van der Waals surface area contributed by atoms with Crippen molar-refractivity contribution in [3.05, 3.63) is 53.1 Å². The molecule has 1 saturated heterocycles. The van der Waals surface area contributed by atoms with E-state index < -0.39 is 17.3 Å². The third-order valence-electron chi connectivity index (χ3n) is 7.57. The predicted molar refractivity (Wildman–Crippen MR) is 153 cm³/mol. The van der Waals surface area contributed by atoms with Crippen molar-refractivity contribution in [3.63, 3.8) is 0 Å². The molecule has 4 rings (SSSR count). The Hall–Kier alpha value is -3.54. The third-order valence-corrected chi connectivity index (χ3v) is 7.86. The van der Waals surface area contributed by atoms with Crippen LogP contribution in [0.5, 0.6) is 5.75 Å². The van der Waals surface area contributed by atoms with Gasteiger partial charge in [-0.2, -0.15) is 0 Å². The summed E-state index contributed by atoms with van der Waals surface area (Å²) in [4.78, 5) is 39.5. The van der Waals surface area contributed by atoms with Crippen LogP contribution in [0, 0.1) is 5.82 Å². The van der Waals surface area contributed by atoms with Gasteiger partial charge in [-0.05, 0) is 31.7 Å². The molecule has 0 radical (unpaired) electrons. The minimum atomic E-state index is -0.900. The van der Waals surface area contributed by atoms with Gasteiger partial charge in [-0.1, -0.05) is 24.6 Å². The van der Waals surface area contributed by atoms with Crippen molar-refractivity contribution >= 4 is 45.8 Å². The van der Waals surface area contributed by atoms with Crippen LogP contribution in [0.4, 0.5) is 15.9 Å². The van der Waals surface area contributed by atoms with Gasteiger partial charge in [0.25, 0.3) is 0 Å². The van der Waals surface area contributed by atoms with Crippen LogP contribution in [0.3, 0.4) is 0 Å². The van der Waals surface area contributed by atoms with Crippen LogP contribution < -0.4 is 15.8 Å². The topological polar surface area (TPSA) is 117 Å². The molecule has 0 aliphatic carbocycles. The second kappa shape index (κ2) is 11.9. The fourth-order valence-corrected chi connectivity index (χ4v) is 5.23. The van der Waals surface area contributed by atoms with Crippen LogP contribution in [0.2, 0.25) is 5.02 Å². The number of hydrogen-bond donors (Lipinski definition) is 2. The first-order valence-corrected chi connectivity index (χ1v) is 13.4. The van der Waals surface area contributed by atoms with Gasteiger partial charge < -0.3 is 20.7 Å². The molecule has 12 heteroatoms. The first-order valence-electron chi connectivity index (χ1n) is 13.0. The standard InChI is InChI=1S/C28H35ClFN7O3/c1-6-37(28(27(31)39)14-36(15-28)17(2)10-24(38)35(3)4)13-18-11-19-22(12-23(18)40-5)32-16-33-26(19)34-21-9-7-8-20(29)25(21)30/h7-9,11-12,16-17H,6,10,13-15H2,1-5H3,(H2,31,39)(H,32,33,34). The van der Waals surface area contributed by atoms with Crippen LogP contribution in [0.25, 0.3) is 10.9 Å². The zero-order chi connectivity index (χ0) is 29.2. The van der Waals surface area contributed by atoms with E-state index in [2.05, 4.69) is 20.2 Å². The fourth-order valence-electron chi connectivity index (χ4n) is 5.05. The van der Waals surface area contributed by atoms with E-state index in [9.17, 15) is 14.0 Å². The zero-order valence-electron chi connectivity index (χ0n) is 23.4. The van der Waals surface area contributed by atoms with Crippen LogP contribution in [0.1, 0.15) is 25.8 Å². The minimum absolute atomic E-state index is 0.00371. The minimum Gasteiger partial charge on any atom is -0.496 e. The van der Waals surface area contributed by atoms with Crippen molar-refractivity contribution in [1.29, 1.82) is 0 Å². The number of likely N-dealkylation sites (N-methyl/N-ethyl adjacent to an activating group) is 1. The molecule has 0 spiro atoms. The maximum absolute atomic E-state index is 14.6. The van der Waals surface area contributed by atoms with Crippen molar-refractivity contribution in [1.82, 2.24) is 24.7 Å². The number of aromatic nitrogens is 2. The fraction of sp³-hybridized carbons (Fsp3) is 0.429. The number of nitrogens with zero attached hydrogens (tertiary/aromatic N) is 5. The molecule has 40 heavy (non-hydrogen) atoms. The van der Waals surface area contributed by atoms with Crippen molar-refractivity contribution in [2.45, 2.75) is 38.4 Å². The molecule has 3 N–H and O–H groups in total. The number of likely N-dealkylation sites (tertiary alicyclic amines) is 1. The molecule has 214 valence electrons. The lowest BCUT2D eigenvalue weighted by Gasteiger charge is -2.55. The van der Waals surface area contributed by atoms with Gasteiger partial charge >= 0.3 is 0 Å². The molecule has 1 aliphatic rings. The molecule has 2 aromatic carbocycles. The monoisotopic (exact) mass is 571 g/mol. The van der Waals surface area contributed by atoms with Gasteiger partial charge in [0.15, 0.2) is 5.82 Å². The van der Waals surface area contributed by atoms with E-state index in [1.54, 1.807) is 44.3 Å².